The van der Waals surface area contributed by atoms with E-state index >= 15 is 0 Å². The van der Waals surface area contributed by atoms with Gasteiger partial charge in [-0.2, -0.15) is 0 Å². The molecule has 6 aliphatic rings. The van der Waals surface area contributed by atoms with Gasteiger partial charge in [0, 0.05) is 57.3 Å². The monoisotopic (exact) mass is 1340 g/mol. The second-order valence-electron chi connectivity index (χ2n) is 29.4. The number of pyridine rings is 6. The number of aromatic nitrogens is 9. The van der Waals surface area contributed by atoms with E-state index in [9.17, 15) is 0 Å². The third-order valence-electron chi connectivity index (χ3n) is 24.4. The van der Waals surface area contributed by atoms with Crippen molar-refractivity contribution < 1.29 is 0 Å². The lowest BCUT2D eigenvalue weighted by Gasteiger charge is -2.13. The van der Waals surface area contributed by atoms with Gasteiger partial charge in [0.05, 0.1) is 68.2 Å². The van der Waals surface area contributed by atoms with Crippen LogP contribution in [0.2, 0.25) is 0 Å². The molecule has 0 aliphatic heterocycles. The van der Waals surface area contributed by atoms with Crippen LogP contribution in [0.4, 0.5) is 0 Å². The predicted octanol–water partition coefficient (Wildman–Crippen LogP) is 22.0. The van der Waals surface area contributed by atoms with E-state index in [0.29, 0.717) is 0 Å². The number of imidazole rings is 3. The summed E-state index contributed by atoms with van der Waals surface area (Å²) in [5, 5.41) is 11.3. The van der Waals surface area contributed by atoms with Crippen molar-refractivity contribution in [2.75, 3.05) is 0 Å². The van der Waals surface area contributed by atoms with Crippen LogP contribution in [0.3, 0.4) is 0 Å². The van der Waals surface area contributed by atoms with Crippen LogP contribution in [-0.4, -0.2) is 43.1 Å². The van der Waals surface area contributed by atoms with Crippen LogP contribution in [0.1, 0.15) is 66.8 Å². The van der Waals surface area contributed by atoms with Crippen LogP contribution in [-0.2, 0) is 38.5 Å². The molecule has 0 saturated heterocycles. The first-order chi connectivity index (χ1) is 52.1. The summed E-state index contributed by atoms with van der Waals surface area (Å²) in [6.07, 6.45) is 17.5. The van der Waals surface area contributed by atoms with Gasteiger partial charge in [-0.25, -0.2) is 15.0 Å². The van der Waals surface area contributed by atoms with Crippen molar-refractivity contribution in [1.82, 2.24) is 43.1 Å². The average Bonchev–Trinajstić information content (AvgIpc) is 1.58. The van der Waals surface area contributed by atoms with E-state index in [4.69, 9.17) is 15.0 Å². The molecule has 6 aliphatic carbocycles. The van der Waals surface area contributed by atoms with Crippen molar-refractivity contribution in [2.45, 2.75) is 38.5 Å². The van der Waals surface area contributed by atoms with Crippen molar-refractivity contribution in [3.8, 4) is 66.8 Å². The van der Waals surface area contributed by atoms with Crippen LogP contribution in [0.5, 0.6) is 0 Å². The molecule has 0 radical (unpaired) electrons. The molecule has 0 fully saturated rings. The molecule has 12 aromatic carbocycles. The van der Waals surface area contributed by atoms with Gasteiger partial charge in [0.15, 0.2) is 0 Å². The lowest BCUT2D eigenvalue weighted by molar-refractivity contribution is 1.23. The van der Waals surface area contributed by atoms with Gasteiger partial charge in [0.2, 0.25) is 0 Å². The van der Waals surface area contributed by atoms with E-state index in [0.717, 1.165) is 105 Å². The van der Waals surface area contributed by atoms with Gasteiger partial charge in [0.1, 0.15) is 16.9 Å². The highest BCUT2D eigenvalue weighted by Gasteiger charge is 2.34. The summed E-state index contributed by atoms with van der Waals surface area (Å²) >= 11 is 0. The molecule has 9 heterocycles. The number of nitrogens with zero attached hydrogens (tertiary/aromatic N) is 9. The smallest absolute Gasteiger partial charge is 0.146 e. The zero-order chi connectivity index (χ0) is 68.0. The summed E-state index contributed by atoms with van der Waals surface area (Å²) in [5.41, 5.74) is 46.8. The van der Waals surface area contributed by atoms with Gasteiger partial charge in [-0.3, -0.25) is 28.2 Å². The van der Waals surface area contributed by atoms with Gasteiger partial charge in [0.25, 0.3) is 0 Å². The van der Waals surface area contributed by atoms with Gasteiger partial charge < -0.3 is 0 Å². The molecule has 27 rings (SSSR count). The second kappa shape index (κ2) is 20.6. The zero-order valence-corrected chi connectivity index (χ0v) is 56.7. The van der Waals surface area contributed by atoms with E-state index in [1.54, 1.807) is 0 Å². The van der Waals surface area contributed by atoms with E-state index in [1.807, 2.05) is 37.2 Å². The average molecular weight is 1340 g/mol. The summed E-state index contributed by atoms with van der Waals surface area (Å²) in [7, 11) is 0. The van der Waals surface area contributed by atoms with Crippen LogP contribution in [0.15, 0.2) is 274 Å². The Morgan fingerprint density at radius 1 is 0.219 bits per heavy atom. The highest BCUT2D eigenvalue weighted by atomic mass is 15.0. The quantitative estimate of drug-likeness (QED) is 0.141. The topological polar surface area (TPSA) is 90.6 Å². The Morgan fingerprint density at radius 2 is 0.562 bits per heavy atom. The molecule has 0 atom stereocenters. The maximum atomic E-state index is 5.18. The molecule has 486 valence electrons. The van der Waals surface area contributed by atoms with E-state index in [-0.39, 0.29) is 0 Å². The number of para-hydroxylation sites is 6. The van der Waals surface area contributed by atoms with Gasteiger partial charge >= 0.3 is 0 Å². The molecule has 0 amide bonds. The summed E-state index contributed by atoms with van der Waals surface area (Å²) in [4.78, 5) is 28.9. The van der Waals surface area contributed by atoms with E-state index < -0.39 is 0 Å². The lowest BCUT2D eigenvalue weighted by atomic mass is 9.94. The number of hydrogen-bond donors (Lipinski definition) is 0. The first-order valence-electron chi connectivity index (χ1n) is 36.6. The number of fused-ring (bicyclic) bond motifs is 47. The SMILES string of the molecule is c1ccc2c(c1)Cc1c-2ccc2c1-c1ccc3c4ccncc4n4c5ccccc5nc4c3c1C2.c1ccc2c(c1)Cc1cc3c(cc1-2)Cc1c-3ccc2c3ccncc3n3c4ccccc4nc3c12.c1ccc2c(c1)Cc1ccc3c(c1-2)Cc1c-3ccc2c3ccncc3n3c4ccccc4nc3c12. The normalized spacial score (nSPS) is 13.5. The summed E-state index contributed by atoms with van der Waals surface area (Å²) in [6, 6.07) is 86.5. The highest BCUT2D eigenvalue weighted by Crippen LogP contribution is 2.54. The van der Waals surface area contributed by atoms with Gasteiger partial charge in [-0.15, -0.1) is 0 Å². The molecule has 9 nitrogen and oxygen atoms in total. The highest BCUT2D eigenvalue weighted by molar-refractivity contribution is 6.20. The Balaban J connectivity index is 0.0000000914. The molecular weight excluding hydrogens is 1280 g/mol. The Kier molecular flexibility index (Phi) is 11.0. The number of rotatable bonds is 0. The van der Waals surface area contributed by atoms with Crippen LogP contribution in [0, 0.1) is 0 Å². The molecule has 0 bridgehead atoms. The van der Waals surface area contributed by atoms with Crippen molar-refractivity contribution in [1.29, 1.82) is 0 Å². The minimum absolute atomic E-state index is 0.937. The largest absolute Gasteiger partial charge is 0.290 e. The van der Waals surface area contributed by atoms with Crippen molar-refractivity contribution in [3.05, 3.63) is 341 Å². The lowest BCUT2D eigenvalue weighted by Crippen LogP contribution is -1.95. The van der Waals surface area contributed by atoms with Crippen LogP contribution in [0.25, 0.3) is 182 Å². The van der Waals surface area contributed by atoms with E-state index in [1.165, 1.54) is 182 Å². The molecule has 0 unspecified atom stereocenters. The molecule has 0 N–H and O–H groups in total. The van der Waals surface area contributed by atoms with E-state index in [2.05, 4.69) is 265 Å². The van der Waals surface area contributed by atoms with Gasteiger partial charge in [-0.05, 0) is 249 Å². The minimum Gasteiger partial charge on any atom is -0.290 e. The molecule has 105 heavy (non-hydrogen) atoms. The Labute approximate surface area is 600 Å². The summed E-state index contributed by atoms with van der Waals surface area (Å²) < 4.78 is 6.92. The molecule has 21 aromatic rings. The van der Waals surface area contributed by atoms with Gasteiger partial charge in [-0.1, -0.05) is 170 Å². The molecule has 0 saturated carbocycles. The number of hydrogen-bond acceptors (Lipinski definition) is 6. The summed E-state index contributed by atoms with van der Waals surface area (Å²) in [5.74, 6) is 0. The molecule has 0 spiro atoms. The Bertz CT molecular complexity index is 7610. The Hall–Kier alpha value is -13.5. The standard InChI is InChI=1S/3C32H19N3/c1-2-6-21-18(5-1)13-19-14-26-20(15-25(19)21)16-27-22(26)9-10-24-23-11-12-33-17-30(23)35-29-8-4-3-7-28(29)34-32(35)31(24)27;1-2-6-20-18(5-1)15-25-21(20)10-9-19-16-26-24(30(19)25)12-11-23-22-13-14-33-17-29(22)35-28-8-4-3-7-27(28)34-32(35)31(23)26;1-2-6-20-18(5-1)15-19-9-10-21-22-11-12-24-23-13-14-33-17-29(23)35-28-8-4-3-7-27(28)34-32(35)31(24)26(22)16-25(21)30(19)20/h1-12,14-15,17H,13,16H2;2*1-14,17H,15-16H2. The fourth-order valence-corrected chi connectivity index (χ4v) is 20.0. The Morgan fingerprint density at radius 3 is 1.11 bits per heavy atom. The third-order valence-corrected chi connectivity index (χ3v) is 24.4. The van der Waals surface area contributed by atoms with Crippen molar-refractivity contribution >= 4 is 115 Å². The van der Waals surface area contributed by atoms with Crippen LogP contribution < -0.4 is 0 Å². The third kappa shape index (κ3) is 7.55. The summed E-state index contributed by atoms with van der Waals surface area (Å²) in [6.45, 7) is 0. The van der Waals surface area contributed by atoms with Crippen molar-refractivity contribution in [3.63, 3.8) is 0 Å². The fraction of sp³-hybridized carbons (Fsp3) is 0.0625. The van der Waals surface area contributed by atoms with Crippen LogP contribution >= 0.6 is 0 Å². The maximum absolute atomic E-state index is 5.18. The molecule has 9 aromatic heterocycles. The first-order valence-corrected chi connectivity index (χ1v) is 36.6. The number of benzene rings is 12. The second-order valence-corrected chi connectivity index (χ2v) is 29.4. The molecular formula is C96H57N9. The fourth-order valence-electron chi connectivity index (χ4n) is 20.0. The first kappa shape index (κ1) is 56.2. The zero-order valence-electron chi connectivity index (χ0n) is 56.7. The van der Waals surface area contributed by atoms with Crippen molar-refractivity contribution in [2.24, 2.45) is 0 Å². The molecule has 9 heteroatoms. The predicted molar refractivity (Wildman–Crippen MR) is 426 cm³/mol. The minimum atomic E-state index is 0.937. The maximum Gasteiger partial charge on any atom is 0.146 e.